The standard InChI is InChI=1S/C21H25FN10O9P2S2/c22-8-7(1-38-42(35)44)40-19(32-6-28-10-16(32)29-20(24)30-17(10)34)12(8)43(36,45)39-3-21-2-37-11(13(21)33)18(41-21)31-5-27-9-14(23)25-4-26-15(9)31/h4-8,11-13,18-19,33,42H,1-3H2,(H,35,44)(H,36,45)(H2,23,25,26)(H3,24,29,30,34)/t7-,8+,11-,12-,13+,18-,19-,21-,43?/m1/s1. The second-order valence-electron chi connectivity index (χ2n) is 10.6. The van der Waals surface area contributed by atoms with Crippen molar-refractivity contribution < 1.29 is 42.5 Å². The van der Waals surface area contributed by atoms with E-state index in [1.165, 1.54) is 21.8 Å². The SMILES string of the molecule is Nc1nc2c(ncn2[C@@H]2O[C@H](CO[PH](O)=S)[C@H](F)[C@H]2P(O)(=S)OC[C@@]23CO[C@@H]([C@H](n4cnc5c(N)ncnc54)O2)[C@@H]3O)c(=O)[nH]1. The number of halogens is 1. The number of alkyl halides is 1. The molecule has 19 nitrogen and oxygen atoms in total. The Balaban J connectivity index is 1.18. The minimum absolute atomic E-state index is 0.0646. The van der Waals surface area contributed by atoms with Crippen LogP contribution in [0.2, 0.25) is 0 Å². The molecule has 45 heavy (non-hydrogen) atoms. The summed E-state index contributed by atoms with van der Waals surface area (Å²) in [5.41, 5.74) is 8.36. The third kappa shape index (κ3) is 5.09. The first-order chi connectivity index (χ1) is 21.4. The molecule has 0 aromatic carbocycles. The van der Waals surface area contributed by atoms with Crippen LogP contribution in [0.15, 0.2) is 23.8 Å². The number of nitrogen functional groups attached to an aromatic ring is 2. The molecular weight excluding hydrogens is 681 g/mol. The van der Waals surface area contributed by atoms with Gasteiger partial charge in [0.05, 0.1) is 32.5 Å². The van der Waals surface area contributed by atoms with E-state index in [9.17, 15) is 19.7 Å². The molecule has 4 aromatic rings. The van der Waals surface area contributed by atoms with Crippen LogP contribution in [0.1, 0.15) is 12.5 Å². The van der Waals surface area contributed by atoms with Crippen LogP contribution in [0.25, 0.3) is 22.3 Å². The summed E-state index contributed by atoms with van der Waals surface area (Å²) < 4.78 is 47.8. The summed E-state index contributed by atoms with van der Waals surface area (Å²) >= 11 is 10.2. The highest BCUT2D eigenvalue weighted by Gasteiger charge is 2.63. The first-order valence-electron chi connectivity index (χ1n) is 13.2. The number of ether oxygens (including phenoxy) is 3. The summed E-state index contributed by atoms with van der Waals surface area (Å²) in [5.74, 6) is -0.0901. The summed E-state index contributed by atoms with van der Waals surface area (Å²) in [6, 6.07) is 0. The van der Waals surface area contributed by atoms with E-state index in [1.807, 2.05) is 0 Å². The summed E-state index contributed by atoms with van der Waals surface area (Å²) in [4.78, 5) is 56.3. The largest absolute Gasteiger partial charge is 0.387 e. The highest BCUT2D eigenvalue weighted by atomic mass is 32.5. The summed E-state index contributed by atoms with van der Waals surface area (Å²) in [6.07, 6.45) is -3.97. The molecule has 0 radical (unpaired) electrons. The molecule has 3 aliphatic rings. The molecule has 242 valence electrons. The van der Waals surface area contributed by atoms with E-state index in [-0.39, 0.29) is 29.5 Å². The van der Waals surface area contributed by atoms with E-state index < -0.39 is 80.6 Å². The van der Waals surface area contributed by atoms with Crippen molar-refractivity contribution in [2.45, 2.75) is 48.2 Å². The van der Waals surface area contributed by atoms with Gasteiger partial charge in [0.2, 0.25) is 5.95 Å². The minimum atomic E-state index is -4.22. The zero-order valence-electron chi connectivity index (χ0n) is 22.6. The number of nitrogens with one attached hydrogen (secondary N) is 1. The van der Waals surface area contributed by atoms with Gasteiger partial charge in [-0.1, -0.05) is 0 Å². The Morgan fingerprint density at radius 1 is 1.20 bits per heavy atom. The van der Waals surface area contributed by atoms with Gasteiger partial charge in [0.25, 0.3) is 5.56 Å². The molecule has 24 heteroatoms. The van der Waals surface area contributed by atoms with E-state index >= 15 is 4.39 Å². The van der Waals surface area contributed by atoms with Crippen LogP contribution in [-0.4, -0.2) is 109 Å². The normalized spacial score (nSPS) is 33.3. The van der Waals surface area contributed by atoms with Gasteiger partial charge < -0.3 is 49.6 Å². The third-order valence-electron chi connectivity index (χ3n) is 7.92. The zero-order chi connectivity index (χ0) is 31.8. The molecular formula is C21H25FN10O9P2S2. The Kier molecular flexibility index (Phi) is 7.78. The Morgan fingerprint density at radius 2 is 1.93 bits per heavy atom. The van der Waals surface area contributed by atoms with E-state index in [1.54, 1.807) is 0 Å². The molecule has 3 aliphatic heterocycles. The molecule has 4 aromatic heterocycles. The van der Waals surface area contributed by atoms with Gasteiger partial charge in [0.1, 0.15) is 47.6 Å². The predicted octanol–water partition coefficient (Wildman–Crippen LogP) is -1.41. The lowest BCUT2D eigenvalue weighted by molar-refractivity contribution is -0.182. The monoisotopic (exact) mass is 706 g/mol. The number of nitrogens with two attached hydrogens (primary N) is 2. The maximum absolute atomic E-state index is 16.1. The zero-order valence-corrected chi connectivity index (χ0v) is 26.1. The smallest absolute Gasteiger partial charge is 0.280 e. The average Bonchev–Trinajstić information content (AvgIpc) is 3.79. The maximum Gasteiger partial charge on any atom is 0.280 e. The number of aliphatic hydroxyl groups is 1. The van der Waals surface area contributed by atoms with Crippen LogP contribution < -0.4 is 17.0 Å². The lowest BCUT2D eigenvalue weighted by atomic mass is 10.0. The average molecular weight is 707 g/mol. The molecule has 10 atom stereocenters. The van der Waals surface area contributed by atoms with Crippen molar-refractivity contribution in [2.75, 3.05) is 31.3 Å². The second-order valence-corrected chi connectivity index (χ2v) is 16.0. The van der Waals surface area contributed by atoms with Gasteiger partial charge in [-0.15, -0.1) is 0 Å². The molecule has 0 saturated carbocycles. The quantitative estimate of drug-likeness (QED) is 0.109. The predicted molar refractivity (Wildman–Crippen MR) is 160 cm³/mol. The number of aliphatic hydroxyl groups excluding tert-OH is 1. The second kappa shape index (κ2) is 11.3. The Hall–Kier alpha value is -2.59. The van der Waals surface area contributed by atoms with Crippen LogP contribution in [0.4, 0.5) is 16.2 Å². The van der Waals surface area contributed by atoms with Crippen molar-refractivity contribution in [1.82, 2.24) is 39.0 Å². The number of nitrogens with zero attached hydrogens (tertiary/aromatic N) is 7. The summed E-state index contributed by atoms with van der Waals surface area (Å²) in [7, 11) is -2.63. The van der Waals surface area contributed by atoms with E-state index in [0.717, 1.165) is 6.33 Å². The van der Waals surface area contributed by atoms with Crippen molar-refractivity contribution in [3.63, 3.8) is 0 Å². The summed E-state index contributed by atoms with van der Waals surface area (Å²) in [6.45, 7) is -5.31. The van der Waals surface area contributed by atoms with Gasteiger partial charge in [-0.25, -0.2) is 24.3 Å². The molecule has 2 bridgehead atoms. The molecule has 0 aliphatic carbocycles. The van der Waals surface area contributed by atoms with E-state index in [0.29, 0.717) is 11.2 Å². The fraction of sp³-hybridized carbons (Fsp3) is 0.524. The molecule has 8 N–H and O–H groups in total. The first-order valence-corrected chi connectivity index (χ1v) is 18.4. The number of rotatable bonds is 9. The molecule has 3 saturated heterocycles. The molecule has 2 unspecified atom stereocenters. The number of aromatic amines is 1. The molecule has 7 rings (SSSR count). The van der Waals surface area contributed by atoms with Gasteiger partial charge >= 0.3 is 0 Å². The fourth-order valence-corrected chi connectivity index (χ4v) is 8.77. The Bertz CT molecular complexity index is 1930. The van der Waals surface area contributed by atoms with Gasteiger partial charge in [-0.3, -0.25) is 18.9 Å². The van der Waals surface area contributed by atoms with Crippen molar-refractivity contribution >= 4 is 71.4 Å². The van der Waals surface area contributed by atoms with Crippen molar-refractivity contribution in [3.8, 4) is 0 Å². The van der Waals surface area contributed by atoms with Gasteiger partial charge in [-0.05, 0) is 23.6 Å². The topological polar surface area (TPSA) is 266 Å². The fourth-order valence-electron chi connectivity index (χ4n) is 5.78. The van der Waals surface area contributed by atoms with Gasteiger partial charge in [0, 0.05) is 0 Å². The number of H-pyrrole nitrogens is 1. The molecule has 0 amide bonds. The first kappa shape index (κ1) is 31.0. The van der Waals surface area contributed by atoms with Crippen molar-refractivity contribution in [1.29, 1.82) is 0 Å². The summed E-state index contributed by atoms with van der Waals surface area (Å²) in [5, 5.41) is 11.2. The molecule has 3 fully saturated rings. The van der Waals surface area contributed by atoms with Gasteiger partial charge in [-0.2, -0.15) is 4.98 Å². The minimum Gasteiger partial charge on any atom is -0.387 e. The van der Waals surface area contributed by atoms with Crippen LogP contribution in [0, 0.1) is 0 Å². The highest BCUT2D eigenvalue weighted by molar-refractivity contribution is 8.09. The van der Waals surface area contributed by atoms with Crippen molar-refractivity contribution in [2.24, 2.45) is 0 Å². The molecule has 0 spiro atoms. The Morgan fingerprint density at radius 3 is 2.69 bits per heavy atom. The lowest BCUT2D eigenvalue weighted by Gasteiger charge is -2.34. The van der Waals surface area contributed by atoms with Crippen molar-refractivity contribution in [3.05, 3.63) is 29.3 Å². The van der Waals surface area contributed by atoms with E-state index in [2.05, 4.69) is 29.9 Å². The van der Waals surface area contributed by atoms with Crippen LogP contribution >= 0.6 is 13.6 Å². The van der Waals surface area contributed by atoms with Crippen LogP contribution in [-0.2, 0) is 46.9 Å². The molecule has 7 heterocycles. The van der Waals surface area contributed by atoms with Crippen LogP contribution in [0.5, 0.6) is 0 Å². The Labute approximate surface area is 261 Å². The van der Waals surface area contributed by atoms with E-state index in [4.69, 9.17) is 58.3 Å². The number of hydrogen-bond donors (Lipinski definition) is 6. The maximum atomic E-state index is 16.1. The number of fused-ring (bicyclic) bond motifs is 4. The number of hydrogen-bond acceptors (Lipinski definition) is 16. The lowest BCUT2D eigenvalue weighted by Crippen LogP contribution is -2.45. The number of imidazole rings is 2. The highest BCUT2D eigenvalue weighted by Crippen LogP contribution is 2.60. The van der Waals surface area contributed by atoms with Crippen LogP contribution in [0.3, 0.4) is 0 Å². The number of aromatic nitrogens is 8. The number of anilines is 2. The third-order valence-corrected chi connectivity index (χ3v) is 11.5. The van der Waals surface area contributed by atoms with Gasteiger partial charge in [0.15, 0.2) is 48.7 Å².